The van der Waals surface area contributed by atoms with Crippen molar-refractivity contribution in [3.63, 3.8) is 0 Å². The van der Waals surface area contributed by atoms with Gasteiger partial charge in [0.05, 0.1) is 5.69 Å². The van der Waals surface area contributed by atoms with E-state index in [1.165, 1.54) is 0 Å². The van der Waals surface area contributed by atoms with E-state index in [0.717, 1.165) is 32.6 Å². The average molecular weight is 307 g/mol. The standard InChI is InChI=1S/C17H13N3OS/c21-15(11-4-2-1-3-5-11)12-6-7-14-13(10-12)20-16-17(22-14)19-9-8-18-16/h1-10,15,21H,(H,18,20). The van der Waals surface area contributed by atoms with Gasteiger partial charge in [0.2, 0.25) is 0 Å². The number of hydrogen-bond donors (Lipinski definition) is 2. The van der Waals surface area contributed by atoms with E-state index in [0.29, 0.717) is 0 Å². The van der Waals surface area contributed by atoms with Gasteiger partial charge in [0.25, 0.3) is 0 Å². The molecule has 0 aliphatic carbocycles. The summed E-state index contributed by atoms with van der Waals surface area (Å²) >= 11 is 1.58. The number of nitrogens with zero attached hydrogens (tertiary/aromatic N) is 2. The predicted octanol–water partition coefficient (Wildman–Crippen LogP) is 3.77. The minimum atomic E-state index is -0.637. The molecule has 4 nitrogen and oxygen atoms in total. The zero-order valence-corrected chi connectivity index (χ0v) is 12.4. The first-order valence-electron chi connectivity index (χ1n) is 6.94. The fraction of sp³-hybridized carbons (Fsp3) is 0.0588. The van der Waals surface area contributed by atoms with Gasteiger partial charge in [0.1, 0.15) is 11.1 Å². The van der Waals surface area contributed by atoms with Crippen molar-refractivity contribution in [1.82, 2.24) is 9.97 Å². The Bertz CT molecular complexity index is 823. The molecule has 0 saturated heterocycles. The van der Waals surface area contributed by atoms with Gasteiger partial charge in [-0.2, -0.15) is 0 Å². The zero-order chi connectivity index (χ0) is 14.9. The summed E-state index contributed by atoms with van der Waals surface area (Å²) in [6.45, 7) is 0. The van der Waals surface area contributed by atoms with Gasteiger partial charge >= 0.3 is 0 Å². The Hall–Kier alpha value is -2.37. The van der Waals surface area contributed by atoms with Gasteiger partial charge in [-0.15, -0.1) is 0 Å². The van der Waals surface area contributed by atoms with Crippen LogP contribution in [0.3, 0.4) is 0 Å². The van der Waals surface area contributed by atoms with Crippen LogP contribution >= 0.6 is 11.8 Å². The second-order valence-corrected chi connectivity index (χ2v) is 6.04. The highest BCUT2D eigenvalue weighted by Gasteiger charge is 2.19. The van der Waals surface area contributed by atoms with Crippen LogP contribution in [0.15, 0.2) is 70.8 Å². The van der Waals surface area contributed by atoms with Crippen molar-refractivity contribution >= 4 is 23.3 Å². The summed E-state index contributed by atoms with van der Waals surface area (Å²) in [6.07, 6.45) is 2.72. The molecule has 0 amide bonds. The third-order valence-corrected chi connectivity index (χ3v) is 4.63. The van der Waals surface area contributed by atoms with Gasteiger partial charge in [0.15, 0.2) is 5.82 Å². The summed E-state index contributed by atoms with van der Waals surface area (Å²) < 4.78 is 0. The first-order valence-corrected chi connectivity index (χ1v) is 7.76. The van der Waals surface area contributed by atoms with E-state index in [1.54, 1.807) is 24.2 Å². The SMILES string of the molecule is OC(c1ccccc1)c1ccc2c(c1)Nc1nccnc1S2. The van der Waals surface area contributed by atoms with E-state index in [2.05, 4.69) is 15.3 Å². The van der Waals surface area contributed by atoms with Gasteiger partial charge < -0.3 is 10.4 Å². The van der Waals surface area contributed by atoms with Crippen molar-refractivity contribution in [2.24, 2.45) is 0 Å². The molecule has 2 heterocycles. The van der Waals surface area contributed by atoms with Crippen LogP contribution in [0.1, 0.15) is 17.2 Å². The van der Waals surface area contributed by atoms with E-state index in [4.69, 9.17) is 0 Å². The first-order chi connectivity index (χ1) is 10.8. The fourth-order valence-corrected chi connectivity index (χ4v) is 3.33. The van der Waals surface area contributed by atoms with Crippen molar-refractivity contribution in [3.8, 4) is 0 Å². The lowest BCUT2D eigenvalue weighted by molar-refractivity contribution is 0.220. The molecule has 1 unspecified atom stereocenters. The van der Waals surface area contributed by atoms with Crippen LogP contribution in [-0.4, -0.2) is 15.1 Å². The number of hydrogen-bond acceptors (Lipinski definition) is 5. The number of rotatable bonds is 2. The van der Waals surface area contributed by atoms with Crippen LogP contribution in [0.25, 0.3) is 0 Å². The smallest absolute Gasteiger partial charge is 0.163 e. The lowest BCUT2D eigenvalue weighted by atomic mass is 10.0. The van der Waals surface area contributed by atoms with Crippen LogP contribution in [-0.2, 0) is 0 Å². The minimum Gasteiger partial charge on any atom is -0.384 e. The molecule has 0 saturated carbocycles. The van der Waals surface area contributed by atoms with Crippen molar-refractivity contribution in [1.29, 1.82) is 0 Å². The maximum Gasteiger partial charge on any atom is 0.163 e. The summed E-state index contributed by atoms with van der Waals surface area (Å²) in [5.41, 5.74) is 2.68. The van der Waals surface area contributed by atoms with E-state index in [1.807, 2.05) is 48.5 Å². The highest BCUT2D eigenvalue weighted by Crippen LogP contribution is 2.42. The first kappa shape index (κ1) is 13.3. The number of aliphatic hydroxyl groups excluding tert-OH is 1. The second-order valence-electron chi connectivity index (χ2n) is 5.01. The average Bonchev–Trinajstić information content (AvgIpc) is 2.59. The van der Waals surface area contributed by atoms with Crippen LogP contribution in [0.4, 0.5) is 11.5 Å². The quantitative estimate of drug-likeness (QED) is 0.590. The van der Waals surface area contributed by atoms with Crippen LogP contribution in [0.5, 0.6) is 0 Å². The van der Waals surface area contributed by atoms with Gasteiger partial charge in [-0.1, -0.05) is 48.2 Å². The highest BCUT2D eigenvalue weighted by atomic mass is 32.2. The number of aromatic nitrogens is 2. The molecule has 0 fully saturated rings. The van der Waals surface area contributed by atoms with Crippen molar-refractivity contribution in [3.05, 3.63) is 72.1 Å². The number of anilines is 2. The number of aliphatic hydroxyl groups is 1. The third kappa shape index (κ3) is 2.34. The lowest BCUT2D eigenvalue weighted by Gasteiger charge is -2.20. The zero-order valence-electron chi connectivity index (χ0n) is 11.6. The van der Waals surface area contributed by atoms with E-state index < -0.39 is 6.10 Å². The largest absolute Gasteiger partial charge is 0.384 e. The molecule has 1 aliphatic heterocycles. The normalized spacial score (nSPS) is 13.7. The summed E-state index contributed by atoms with van der Waals surface area (Å²) in [6, 6.07) is 15.6. The molecular formula is C17H13N3OS. The molecule has 3 aromatic rings. The molecule has 22 heavy (non-hydrogen) atoms. The Labute approximate surface area is 132 Å². The lowest BCUT2D eigenvalue weighted by Crippen LogP contribution is -2.06. The maximum atomic E-state index is 10.5. The molecule has 1 aromatic heterocycles. The van der Waals surface area contributed by atoms with Crippen molar-refractivity contribution in [2.75, 3.05) is 5.32 Å². The molecule has 1 aliphatic rings. The van der Waals surface area contributed by atoms with Crippen molar-refractivity contribution in [2.45, 2.75) is 16.0 Å². The van der Waals surface area contributed by atoms with Crippen LogP contribution in [0, 0.1) is 0 Å². The third-order valence-electron chi connectivity index (χ3n) is 3.56. The molecule has 2 N–H and O–H groups in total. The van der Waals surface area contributed by atoms with E-state index in [9.17, 15) is 5.11 Å². The number of nitrogens with one attached hydrogen (secondary N) is 1. The van der Waals surface area contributed by atoms with Gasteiger partial charge in [-0.3, -0.25) is 0 Å². The molecule has 2 aromatic carbocycles. The second kappa shape index (κ2) is 5.44. The van der Waals surface area contributed by atoms with Crippen LogP contribution < -0.4 is 5.32 Å². The molecule has 108 valence electrons. The molecule has 0 radical (unpaired) electrons. The summed E-state index contributed by atoms with van der Waals surface area (Å²) in [5.74, 6) is 0.756. The van der Waals surface area contributed by atoms with E-state index in [-0.39, 0.29) is 0 Å². The molecular weight excluding hydrogens is 294 g/mol. The summed E-state index contributed by atoms with van der Waals surface area (Å²) in [7, 11) is 0. The highest BCUT2D eigenvalue weighted by molar-refractivity contribution is 7.99. The van der Waals surface area contributed by atoms with Crippen LogP contribution in [0.2, 0.25) is 0 Å². The Kier molecular flexibility index (Phi) is 3.29. The molecule has 5 heteroatoms. The minimum absolute atomic E-state index is 0.637. The fourth-order valence-electron chi connectivity index (χ4n) is 2.45. The predicted molar refractivity (Wildman–Crippen MR) is 86.4 cm³/mol. The van der Waals surface area contributed by atoms with Gasteiger partial charge in [-0.05, 0) is 23.3 Å². The molecule has 1 atom stereocenters. The Morgan fingerprint density at radius 1 is 0.955 bits per heavy atom. The topological polar surface area (TPSA) is 58.0 Å². The van der Waals surface area contributed by atoms with Gasteiger partial charge in [0, 0.05) is 17.3 Å². The molecule has 4 rings (SSSR count). The monoisotopic (exact) mass is 307 g/mol. The number of benzene rings is 2. The number of fused-ring (bicyclic) bond motifs is 2. The Balaban J connectivity index is 1.69. The molecule has 0 spiro atoms. The Morgan fingerprint density at radius 3 is 2.64 bits per heavy atom. The maximum absolute atomic E-state index is 10.5. The van der Waals surface area contributed by atoms with E-state index >= 15 is 0 Å². The Morgan fingerprint density at radius 2 is 1.77 bits per heavy atom. The van der Waals surface area contributed by atoms with Crippen molar-refractivity contribution < 1.29 is 5.11 Å². The molecule has 0 bridgehead atoms. The summed E-state index contributed by atoms with van der Waals surface area (Å²) in [4.78, 5) is 9.69. The van der Waals surface area contributed by atoms with Gasteiger partial charge in [-0.25, -0.2) is 9.97 Å². The summed E-state index contributed by atoms with van der Waals surface area (Å²) in [5, 5.41) is 14.7.